The van der Waals surface area contributed by atoms with Gasteiger partial charge < -0.3 is 14.6 Å². The number of aliphatic hydroxyl groups is 1. The molecule has 4 rings (SSSR count). The zero-order chi connectivity index (χ0) is 24.7. The van der Waals surface area contributed by atoms with Crippen LogP contribution in [0.1, 0.15) is 75.4 Å². The van der Waals surface area contributed by atoms with Crippen molar-refractivity contribution in [1.29, 1.82) is 0 Å². The number of aromatic nitrogens is 1. The first-order valence-corrected chi connectivity index (χ1v) is 12.0. The van der Waals surface area contributed by atoms with Crippen LogP contribution in [0, 0.1) is 12.3 Å². The van der Waals surface area contributed by atoms with Crippen LogP contribution in [0.25, 0.3) is 5.57 Å². The van der Waals surface area contributed by atoms with Crippen LogP contribution in [0.3, 0.4) is 0 Å². The molecule has 1 aliphatic heterocycles. The van der Waals surface area contributed by atoms with Crippen molar-refractivity contribution in [2.45, 2.75) is 65.6 Å². The standard InChI is InChI=1S/C29H35NO4/c1-19-7-9-21(28(5,6)14-13-27(2,3)4)17-22(19)29(33-15-16-34-29)25-12-8-20(18-30-25)26-23(31)10-11-24(26)32/h7-9,12-14,17-18,31H,10-11,15-16H2,1-6H3/b14-13-. The number of carbonyl (C=O) groups is 1. The van der Waals surface area contributed by atoms with E-state index in [2.05, 4.69) is 76.9 Å². The molecular weight excluding hydrogens is 426 g/mol. The van der Waals surface area contributed by atoms with E-state index < -0.39 is 5.79 Å². The smallest absolute Gasteiger partial charge is 0.240 e. The Morgan fingerprint density at radius 3 is 2.26 bits per heavy atom. The Labute approximate surface area is 202 Å². The first kappa shape index (κ1) is 24.4. The van der Waals surface area contributed by atoms with Gasteiger partial charge in [-0.2, -0.15) is 0 Å². The lowest BCUT2D eigenvalue weighted by Crippen LogP contribution is -2.31. The van der Waals surface area contributed by atoms with Crippen molar-refractivity contribution in [2.75, 3.05) is 13.2 Å². The molecule has 1 aliphatic carbocycles. The van der Waals surface area contributed by atoms with Gasteiger partial charge in [0.05, 0.1) is 18.8 Å². The molecule has 2 heterocycles. The number of rotatable bonds is 5. The third-order valence-electron chi connectivity index (χ3n) is 6.58. The molecule has 2 aliphatic rings. The molecule has 1 fully saturated rings. The van der Waals surface area contributed by atoms with Crippen molar-refractivity contribution in [1.82, 2.24) is 4.98 Å². The number of hydrogen-bond acceptors (Lipinski definition) is 5. The second kappa shape index (κ2) is 8.79. The summed E-state index contributed by atoms with van der Waals surface area (Å²) < 4.78 is 12.5. The number of nitrogens with zero attached hydrogens (tertiary/aromatic N) is 1. The molecule has 0 bridgehead atoms. The first-order chi connectivity index (χ1) is 15.9. The Balaban J connectivity index is 1.76. The third kappa shape index (κ3) is 4.59. The van der Waals surface area contributed by atoms with Gasteiger partial charge in [0.15, 0.2) is 5.78 Å². The second-order valence-corrected chi connectivity index (χ2v) is 10.9. The molecule has 1 aromatic heterocycles. The van der Waals surface area contributed by atoms with Crippen molar-refractivity contribution in [2.24, 2.45) is 5.41 Å². The van der Waals surface area contributed by atoms with Crippen LogP contribution in [0.5, 0.6) is 0 Å². The van der Waals surface area contributed by atoms with Crippen molar-refractivity contribution in [3.05, 3.63) is 82.4 Å². The SMILES string of the molecule is Cc1ccc(C(C)(C)/C=C\C(C)(C)C)cc1C1(c2ccc(C3=C(O)CCC3=O)cn2)OCCO1. The van der Waals surface area contributed by atoms with E-state index in [1.807, 2.05) is 12.1 Å². The van der Waals surface area contributed by atoms with Gasteiger partial charge in [0, 0.05) is 35.6 Å². The van der Waals surface area contributed by atoms with Crippen LogP contribution >= 0.6 is 0 Å². The van der Waals surface area contributed by atoms with E-state index in [0.29, 0.717) is 42.9 Å². The zero-order valence-corrected chi connectivity index (χ0v) is 21.1. The van der Waals surface area contributed by atoms with Gasteiger partial charge in [-0.1, -0.05) is 65.0 Å². The van der Waals surface area contributed by atoms with Gasteiger partial charge >= 0.3 is 0 Å². The van der Waals surface area contributed by atoms with E-state index in [-0.39, 0.29) is 22.4 Å². The van der Waals surface area contributed by atoms with Gasteiger partial charge in [0.25, 0.3) is 0 Å². The highest BCUT2D eigenvalue weighted by Gasteiger charge is 2.44. The molecule has 0 unspecified atom stereocenters. The fourth-order valence-corrected chi connectivity index (χ4v) is 4.49. The zero-order valence-electron chi connectivity index (χ0n) is 21.1. The van der Waals surface area contributed by atoms with Gasteiger partial charge in [-0.3, -0.25) is 9.78 Å². The summed E-state index contributed by atoms with van der Waals surface area (Å²) in [5.41, 5.74) is 4.68. The van der Waals surface area contributed by atoms with Crippen LogP contribution in [0.2, 0.25) is 0 Å². The fraction of sp³-hybridized carbons (Fsp3) is 0.448. The minimum atomic E-state index is -1.11. The van der Waals surface area contributed by atoms with Gasteiger partial charge in [-0.15, -0.1) is 0 Å². The average Bonchev–Trinajstić information content (AvgIpc) is 3.40. The van der Waals surface area contributed by atoms with Gasteiger partial charge in [-0.25, -0.2) is 0 Å². The predicted molar refractivity (Wildman–Crippen MR) is 134 cm³/mol. The number of aliphatic hydroxyl groups excluding tert-OH is 1. The topological polar surface area (TPSA) is 68.7 Å². The molecule has 5 nitrogen and oxygen atoms in total. The number of carbonyl (C=O) groups excluding carboxylic acids is 1. The molecule has 34 heavy (non-hydrogen) atoms. The lowest BCUT2D eigenvalue weighted by Gasteiger charge is -2.31. The van der Waals surface area contributed by atoms with Gasteiger partial charge in [0.1, 0.15) is 11.5 Å². The van der Waals surface area contributed by atoms with Crippen molar-refractivity contribution >= 4 is 11.4 Å². The average molecular weight is 462 g/mol. The third-order valence-corrected chi connectivity index (χ3v) is 6.58. The molecule has 0 atom stereocenters. The number of Topliss-reactive ketones (excluding diaryl/α,β-unsaturated/α-hetero) is 1. The second-order valence-electron chi connectivity index (χ2n) is 10.9. The van der Waals surface area contributed by atoms with Crippen molar-refractivity contribution in [3.63, 3.8) is 0 Å². The summed E-state index contributed by atoms with van der Waals surface area (Å²) in [6, 6.07) is 10.1. The molecule has 0 spiro atoms. The molecule has 5 heteroatoms. The summed E-state index contributed by atoms with van der Waals surface area (Å²) >= 11 is 0. The maximum atomic E-state index is 12.2. The minimum Gasteiger partial charge on any atom is -0.512 e. The maximum absolute atomic E-state index is 12.2. The molecular formula is C29H35NO4. The van der Waals surface area contributed by atoms with Crippen LogP contribution in [-0.4, -0.2) is 29.1 Å². The molecule has 0 radical (unpaired) electrons. The van der Waals surface area contributed by atoms with Crippen LogP contribution in [0.15, 0.2) is 54.4 Å². The molecule has 1 saturated heterocycles. The summed E-state index contributed by atoms with van der Waals surface area (Å²) in [7, 11) is 0. The minimum absolute atomic E-state index is 0.0516. The van der Waals surface area contributed by atoms with Crippen molar-refractivity contribution < 1.29 is 19.4 Å². The Bertz CT molecular complexity index is 1140. The van der Waals surface area contributed by atoms with E-state index in [0.717, 1.165) is 16.7 Å². The first-order valence-electron chi connectivity index (χ1n) is 12.0. The normalized spacial score (nSPS) is 18.9. The van der Waals surface area contributed by atoms with Crippen LogP contribution in [-0.2, 0) is 25.5 Å². The van der Waals surface area contributed by atoms with Crippen LogP contribution < -0.4 is 0 Å². The summed E-state index contributed by atoms with van der Waals surface area (Å²) in [5.74, 6) is -1.03. The summed E-state index contributed by atoms with van der Waals surface area (Å²) in [4.78, 5) is 16.9. The number of pyridine rings is 1. The highest BCUT2D eigenvalue weighted by molar-refractivity contribution is 6.23. The molecule has 0 saturated carbocycles. The molecule has 180 valence electrons. The summed E-state index contributed by atoms with van der Waals surface area (Å²) in [6.45, 7) is 14.0. The summed E-state index contributed by atoms with van der Waals surface area (Å²) in [6.07, 6.45) is 6.87. The molecule has 2 aromatic rings. The lowest BCUT2D eigenvalue weighted by molar-refractivity contribution is -0.133. The summed E-state index contributed by atoms with van der Waals surface area (Å²) in [5, 5.41) is 10.1. The number of hydrogen-bond donors (Lipinski definition) is 1. The highest BCUT2D eigenvalue weighted by atomic mass is 16.7. The van der Waals surface area contributed by atoms with E-state index in [1.54, 1.807) is 6.20 Å². The van der Waals surface area contributed by atoms with Gasteiger partial charge in [0.2, 0.25) is 5.79 Å². The van der Waals surface area contributed by atoms with E-state index in [1.165, 1.54) is 0 Å². The Hall–Kier alpha value is -2.76. The Morgan fingerprint density at radius 1 is 1.00 bits per heavy atom. The molecule has 1 aromatic carbocycles. The highest BCUT2D eigenvalue weighted by Crippen LogP contribution is 2.41. The largest absolute Gasteiger partial charge is 0.512 e. The van der Waals surface area contributed by atoms with Crippen molar-refractivity contribution in [3.8, 4) is 0 Å². The number of ketones is 1. The number of ether oxygens (including phenoxy) is 2. The Morgan fingerprint density at radius 2 is 1.71 bits per heavy atom. The quantitative estimate of drug-likeness (QED) is 0.541. The fourth-order valence-electron chi connectivity index (χ4n) is 4.49. The Kier molecular flexibility index (Phi) is 6.30. The molecule has 1 N–H and O–H groups in total. The number of aryl methyl sites for hydroxylation is 1. The predicted octanol–water partition coefficient (Wildman–Crippen LogP) is 6.15. The van der Waals surface area contributed by atoms with E-state index >= 15 is 0 Å². The van der Waals surface area contributed by atoms with E-state index in [9.17, 15) is 9.90 Å². The van der Waals surface area contributed by atoms with Crippen LogP contribution in [0.4, 0.5) is 0 Å². The monoisotopic (exact) mass is 461 g/mol. The number of allylic oxidation sites excluding steroid dienone is 4. The molecule has 0 amide bonds. The maximum Gasteiger partial charge on any atom is 0.240 e. The van der Waals surface area contributed by atoms with Gasteiger partial charge in [-0.05, 0) is 35.6 Å². The number of benzene rings is 1. The van der Waals surface area contributed by atoms with E-state index in [4.69, 9.17) is 9.47 Å². The lowest BCUT2D eigenvalue weighted by atomic mass is 9.79.